The Morgan fingerprint density at radius 1 is 1.60 bits per heavy atom. The lowest BCUT2D eigenvalue weighted by atomic mass is 9.98. The van der Waals surface area contributed by atoms with Crippen LogP contribution in [-0.2, 0) is 4.74 Å². The van der Waals surface area contributed by atoms with Crippen molar-refractivity contribution in [3.63, 3.8) is 0 Å². The quantitative estimate of drug-likeness (QED) is 0.870. The van der Waals surface area contributed by atoms with Gasteiger partial charge in [0.2, 0.25) is 0 Å². The van der Waals surface area contributed by atoms with Crippen molar-refractivity contribution in [3.8, 4) is 5.75 Å². The van der Waals surface area contributed by atoms with E-state index in [-0.39, 0.29) is 23.5 Å². The van der Waals surface area contributed by atoms with Gasteiger partial charge in [-0.1, -0.05) is 0 Å². The third-order valence-corrected chi connectivity index (χ3v) is 3.72. The number of benzene rings is 1. The summed E-state index contributed by atoms with van der Waals surface area (Å²) in [5.41, 5.74) is 5.68. The van der Waals surface area contributed by atoms with E-state index in [9.17, 15) is 14.3 Å². The number of phenols is 1. The van der Waals surface area contributed by atoms with E-state index in [1.807, 2.05) is 0 Å². The van der Waals surface area contributed by atoms with Crippen molar-refractivity contribution in [2.75, 3.05) is 20.2 Å². The van der Waals surface area contributed by atoms with Crippen molar-refractivity contribution in [1.29, 1.82) is 0 Å². The van der Waals surface area contributed by atoms with Crippen LogP contribution < -0.4 is 5.73 Å². The van der Waals surface area contributed by atoms with Gasteiger partial charge in [-0.25, -0.2) is 4.39 Å². The number of piperidine rings is 1. The maximum Gasteiger partial charge on any atom is 0.258 e. The Morgan fingerprint density at radius 3 is 3.00 bits per heavy atom. The molecule has 0 aromatic heterocycles. The van der Waals surface area contributed by atoms with Gasteiger partial charge < -0.3 is 20.5 Å². The molecule has 3 N–H and O–H groups in total. The van der Waals surface area contributed by atoms with Crippen molar-refractivity contribution in [1.82, 2.24) is 4.90 Å². The summed E-state index contributed by atoms with van der Waals surface area (Å²) in [6, 6.07) is 3.18. The second-order valence-electron chi connectivity index (χ2n) is 4.93. The minimum atomic E-state index is -0.553. The number of hydrogen-bond donors (Lipinski definition) is 2. The number of methoxy groups -OCH3 is 1. The lowest BCUT2D eigenvalue weighted by Crippen LogP contribution is -2.51. The molecule has 1 aliphatic rings. The first-order chi connectivity index (χ1) is 9.56. The molecule has 1 aromatic rings. The zero-order valence-electron chi connectivity index (χ0n) is 11.4. The van der Waals surface area contributed by atoms with E-state index in [1.165, 1.54) is 6.07 Å². The molecule has 2 rings (SSSR count). The van der Waals surface area contributed by atoms with Crippen LogP contribution in [0.3, 0.4) is 0 Å². The van der Waals surface area contributed by atoms with Gasteiger partial charge in [0.1, 0.15) is 11.6 Å². The SMILES string of the molecule is COC1CCN(C(=O)c2cc(F)ccc2O)C(CN)C1. The fourth-order valence-electron chi connectivity index (χ4n) is 2.55. The molecular weight excluding hydrogens is 263 g/mol. The number of rotatable bonds is 3. The van der Waals surface area contributed by atoms with Crippen LogP contribution in [0.15, 0.2) is 18.2 Å². The molecule has 110 valence electrons. The number of halogens is 1. The second-order valence-corrected chi connectivity index (χ2v) is 4.93. The van der Waals surface area contributed by atoms with Gasteiger partial charge >= 0.3 is 0 Å². The molecule has 0 spiro atoms. The highest BCUT2D eigenvalue weighted by Gasteiger charge is 2.32. The minimum absolute atomic E-state index is 0.0284. The van der Waals surface area contributed by atoms with E-state index in [1.54, 1.807) is 12.0 Å². The molecule has 5 nitrogen and oxygen atoms in total. The molecule has 0 bridgehead atoms. The van der Waals surface area contributed by atoms with Crippen molar-refractivity contribution >= 4 is 5.91 Å². The number of amides is 1. The van der Waals surface area contributed by atoms with Crippen molar-refractivity contribution < 1.29 is 19.0 Å². The Morgan fingerprint density at radius 2 is 2.35 bits per heavy atom. The highest BCUT2D eigenvalue weighted by Crippen LogP contribution is 2.25. The van der Waals surface area contributed by atoms with Crippen LogP contribution in [-0.4, -0.2) is 48.3 Å². The Hall–Kier alpha value is -1.66. The summed E-state index contributed by atoms with van der Waals surface area (Å²) < 4.78 is 18.5. The smallest absolute Gasteiger partial charge is 0.258 e. The lowest BCUT2D eigenvalue weighted by molar-refractivity contribution is 0.0137. The standard InChI is InChI=1S/C14H19FN2O3/c1-20-11-4-5-17(10(7-11)8-16)14(19)12-6-9(15)2-3-13(12)18/h2-3,6,10-11,18H,4-5,7-8,16H2,1H3. The van der Waals surface area contributed by atoms with Gasteiger partial charge in [0, 0.05) is 26.2 Å². The first kappa shape index (κ1) is 14.7. The number of aromatic hydroxyl groups is 1. The summed E-state index contributed by atoms with van der Waals surface area (Å²) in [4.78, 5) is 14.0. The average molecular weight is 282 g/mol. The number of carbonyl (C=O) groups excluding carboxylic acids is 1. The molecule has 1 heterocycles. The molecule has 1 aromatic carbocycles. The van der Waals surface area contributed by atoms with Gasteiger partial charge in [-0.3, -0.25) is 4.79 Å². The zero-order valence-corrected chi connectivity index (χ0v) is 11.4. The summed E-state index contributed by atoms with van der Waals surface area (Å²) in [7, 11) is 1.63. The minimum Gasteiger partial charge on any atom is -0.507 e. The second kappa shape index (κ2) is 6.19. The number of carbonyl (C=O) groups is 1. The monoisotopic (exact) mass is 282 g/mol. The first-order valence-electron chi connectivity index (χ1n) is 6.59. The van der Waals surface area contributed by atoms with E-state index in [2.05, 4.69) is 0 Å². The maximum absolute atomic E-state index is 13.2. The van der Waals surface area contributed by atoms with Gasteiger partial charge in [-0.15, -0.1) is 0 Å². The van der Waals surface area contributed by atoms with Crippen molar-refractivity contribution in [3.05, 3.63) is 29.6 Å². The topological polar surface area (TPSA) is 75.8 Å². The van der Waals surface area contributed by atoms with Gasteiger partial charge in [-0.2, -0.15) is 0 Å². The highest BCUT2D eigenvalue weighted by molar-refractivity contribution is 5.97. The number of nitrogens with two attached hydrogens (primary N) is 1. The number of phenolic OH excluding ortho intramolecular Hbond substituents is 1. The number of likely N-dealkylation sites (tertiary alicyclic amines) is 1. The zero-order chi connectivity index (χ0) is 14.7. The molecule has 1 aliphatic heterocycles. The Balaban J connectivity index is 2.21. The molecule has 0 aliphatic carbocycles. The first-order valence-corrected chi connectivity index (χ1v) is 6.59. The Labute approximate surface area is 117 Å². The van der Waals surface area contributed by atoms with Crippen LogP contribution in [0.4, 0.5) is 4.39 Å². The predicted octanol–water partition coefficient (Wildman–Crippen LogP) is 1.11. The molecule has 1 fully saturated rings. The van der Waals surface area contributed by atoms with Crippen LogP contribution in [0.2, 0.25) is 0 Å². The maximum atomic E-state index is 13.2. The Bertz CT molecular complexity index is 495. The number of hydrogen-bond acceptors (Lipinski definition) is 4. The van der Waals surface area contributed by atoms with Gasteiger partial charge in [0.15, 0.2) is 0 Å². The highest BCUT2D eigenvalue weighted by atomic mass is 19.1. The molecule has 6 heteroatoms. The molecule has 20 heavy (non-hydrogen) atoms. The van der Waals surface area contributed by atoms with Crippen LogP contribution in [0, 0.1) is 5.82 Å². The van der Waals surface area contributed by atoms with E-state index in [0.717, 1.165) is 12.1 Å². The van der Waals surface area contributed by atoms with E-state index < -0.39 is 11.7 Å². The Kier molecular flexibility index (Phi) is 4.57. The molecule has 1 saturated heterocycles. The van der Waals surface area contributed by atoms with Gasteiger partial charge in [0.25, 0.3) is 5.91 Å². The third kappa shape index (κ3) is 2.91. The fraction of sp³-hybridized carbons (Fsp3) is 0.500. The summed E-state index contributed by atoms with van der Waals surface area (Å²) in [6.45, 7) is 0.789. The van der Waals surface area contributed by atoms with Crippen molar-refractivity contribution in [2.24, 2.45) is 5.73 Å². The largest absolute Gasteiger partial charge is 0.507 e. The lowest BCUT2D eigenvalue weighted by Gasteiger charge is -2.38. The number of nitrogens with zero attached hydrogens (tertiary/aromatic N) is 1. The normalized spacial score (nSPS) is 22.9. The molecule has 0 saturated carbocycles. The van der Waals surface area contributed by atoms with Gasteiger partial charge in [0.05, 0.1) is 11.7 Å². The molecule has 0 radical (unpaired) electrons. The summed E-state index contributed by atoms with van der Waals surface area (Å²) in [5.74, 6) is -1.17. The van der Waals surface area contributed by atoms with Crippen LogP contribution in [0.1, 0.15) is 23.2 Å². The third-order valence-electron chi connectivity index (χ3n) is 3.72. The van der Waals surface area contributed by atoms with E-state index >= 15 is 0 Å². The van der Waals surface area contributed by atoms with Gasteiger partial charge in [-0.05, 0) is 31.0 Å². The predicted molar refractivity (Wildman–Crippen MR) is 72.0 cm³/mol. The van der Waals surface area contributed by atoms with E-state index in [4.69, 9.17) is 10.5 Å². The summed E-state index contributed by atoms with van der Waals surface area (Å²) >= 11 is 0. The van der Waals surface area contributed by atoms with Crippen LogP contribution >= 0.6 is 0 Å². The summed E-state index contributed by atoms with van der Waals surface area (Å²) in [6.07, 6.45) is 1.43. The van der Waals surface area contributed by atoms with Crippen LogP contribution in [0.25, 0.3) is 0 Å². The molecule has 2 unspecified atom stereocenters. The molecular formula is C14H19FN2O3. The van der Waals surface area contributed by atoms with E-state index in [0.29, 0.717) is 25.9 Å². The summed E-state index contributed by atoms with van der Waals surface area (Å²) in [5, 5.41) is 9.72. The molecule has 2 atom stereocenters. The average Bonchev–Trinajstić information content (AvgIpc) is 2.48. The van der Waals surface area contributed by atoms with Crippen LogP contribution in [0.5, 0.6) is 5.75 Å². The molecule has 1 amide bonds. The fourth-order valence-corrected chi connectivity index (χ4v) is 2.55. The number of ether oxygens (including phenoxy) is 1. The van der Waals surface area contributed by atoms with Crippen molar-refractivity contribution in [2.45, 2.75) is 25.0 Å².